The van der Waals surface area contributed by atoms with Crippen LogP contribution in [0.2, 0.25) is 0 Å². The maximum atomic E-state index is 6.29. The Morgan fingerprint density at radius 2 is 0.821 bits per heavy atom. The quantitative estimate of drug-likeness (QED) is 0.171. The summed E-state index contributed by atoms with van der Waals surface area (Å²) in [5.41, 5.74) is 11.8. The predicted octanol–water partition coefficient (Wildman–Crippen LogP) is 14.1. The van der Waals surface area contributed by atoms with Gasteiger partial charge in [0, 0.05) is 47.6 Å². The minimum absolute atomic E-state index is 0.647. The minimum Gasteiger partial charge on any atom is -0.456 e. The predicted molar refractivity (Wildman–Crippen MR) is 233 cm³/mol. The molecule has 11 aromatic rings. The van der Waals surface area contributed by atoms with Gasteiger partial charge in [0.25, 0.3) is 0 Å². The van der Waals surface area contributed by atoms with Crippen LogP contribution in [0, 0.1) is 0 Å². The molecule has 0 N–H and O–H groups in total. The Labute approximate surface area is 327 Å². The van der Waals surface area contributed by atoms with Crippen molar-refractivity contribution in [3.63, 3.8) is 0 Å². The third kappa shape index (κ3) is 5.48. The number of furan rings is 1. The Bertz CT molecular complexity index is 3180. The number of para-hydroxylation sites is 1. The van der Waals surface area contributed by atoms with Gasteiger partial charge in [0.15, 0.2) is 17.5 Å². The van der Waals surface area contributed by atoms with Crippen molar-refractivity contribution in [3.8, 4) is 67.5 Å². The number of hydrogen-bond acceptors (Lipinski definition) is 5. The highest BCUT2D eigenvalue weighted by Gasteiger charge is 2.19. The van der Waals surface area contributed by atoms with E-state index in [4.69, 9.17) is 19.4 Å². The molecule has 0 aliphatic rings. The van der Waals surface area contributed by atoms with Gasteiger partial charge < -0.3 is 4.42 Å². The van der Waals surface area contributed by atoms with Gasteiger partial charge in [-0.25, -0.2) is 15.0 Å². The molecule has 0 unspecified atom stereocenters. The van der Waals surface area contributed by atoms with E-state index in [1.807, 2.05) is 84.1 Å². The molecule has 11 rings (SSSR count). The number of aromatic nitrogens is 3. The molecule has 4 nitrogen and oxygen atoms in total. The summed E-state index contributed by atoms with van der Waals surface area (Å²) in [5.74, 6) is 1.96. The van der Waals surface area contributed by atoms with Crippen molar-refractivity contribution in [1.82, 2.24) is 15.0 Å². The first-order valence-corrected chi connectivity index (χ1v) is 19.5. The normalized spacial score (nSPS) is 11.6. The second-order valence-electron chi connectivity index (χ2n) is 13.9. The van der Waals surface area contributed by atoms with Crippen LogP contribution in [0.15, 0.2) is 192 Å². The fourth-order valence-corrected chi connectivity index (χ4v) is 9.10. The molecule has 3 aromatic heterocycles. The molecule has 262 valence electrons. The van der Waals surface area contributed by atoms with Gasteiger partial charge in [-0.2, -0.15) is 0 Å². The SMILES string of the molecule is c1ccc(-c2nc(-c3ccccc3)nc(-c3ccc(-c4ccc5c(c4)sc4cccc(-c6ccccc6-c6cccc7oc8ccccc8c67)c45)cc3)n2)cc1. The third-order valence-corrected chi connectivity index (χ3v) is 11.7. The first-order valence-electron chi connectivity index (χ1n) is 18.7. The molecule has 3 heterocycles. The zero-order valence-corrected chi connectivity index (χ0v) is 30.9. The summed E-state index contributed by atoms with van der Waals surface area (Å²) in [5, 5.41) is 4.83. The van der Waals surface area contributed by atoms with Gasteiger partial charge in [-0.05, 0) is 57.6 Å². The lowest BCUT2D eigenvalue weighted by Gasteiger charge is -2.13. The molecule has 0 aliphatic heterocycles. The zero-order valence-electron chi connectivity index (χ0n) is 30.1. The van der Waals surface area contributed by atoms with Gasteiger partial charge in [-0.3, -0.25) is 0 Å². The summed E-state index contributed by atoms with van der Waals surface area (Å²) >= 11 is 1.84. The van der Waals surface area contributed by atoms with Crippen LogP contribution < -0.4 is 0 Å². The molecule has 0 saturated carbocycles. The van der Waals surface area contributed by atoms with Gasteiger partial charge >= 0.3 is 0 Å². The monoisotopic (exact) mass is 733 g/mol. The van der Waals surface area contributed by atoms with Gasteiger partial charge in [0.2, 0.25) is 0 Å². The van der Waals surface area contributed by atoms with Crippen LogP contribution in [0.25, 0.3) is 110 Å². The Balaban J connectivity index is 0.981. The van der Waals surface area contributed by atoms with E-state index in [-0.39, 0.29) is 0 Å². The maximum Gasteiger partial charge on any atom is 0.164 e. The lowest BCUT2D eigenvalue weighted by atomic mass is 9.90. The maximum absolute atomic E-state index is 6.29. The van der Waals surface area contributed by atoms with Gasteiger partial charge in [-0.1, -0.05) is 164 Å². The minimum atomic E-state index is 0.647. The van der Waals surface area contributed by atoms with E-state index >= 15 is 0 Å². The topological polar surface area (TPSA) is 51.8 Å². The molecule has 0 bridgehead atoms. The molecule has 0 atom stereocenters. The fourth-order valence-electron chi connectivity index (χ4n) is 7.93. The molecule has 0 radical (unpaired) electrons. The second kappa shape index (κ2) is 13.3. The first kappa shape index (κ1) is 32.2. The summed E-state index contributed by atoms with van der Waals surface area (Å²) in [6.45, 7) is 0. The zero-order chi connectivity index (χ0) is 37.0. The third-order valence-electron chi connectivity index (χ3n) is 10.6. The van der Waals surface area contributed by atoms with E-state index in [9.17, 15) is 0 Å². The number of hydrogen-bond donors (Lipinski definition) is 0. The fraction of sp³-hybridized carbons (Fsp3) is 0. The molecule has 0 spiro atoms. The van der Waals surface area contributed by atoms with Crippen molar-refractivity contribution in [3.05, 3.63) is 188 Å². The highest BCUT2D eigenvalue weighted by atomic mass is 32.1. The Kier molecular flexibility index (Phi) is 7.64. The molecular weight excluding hydrogens is 703 g/mol. The standard InChI is InChI=1S/C51H31N3OS/c1-3-13-33(14-4-1)49-52-50(34-15-5-2-6-16-34)54-51(53-49)35-27-25-32(26-28-35)36-29-30-42-46(31-36)56-45-24-12-21-40(48(42)45)38-18-8-7-17-37(38)39-20-11-23-44-47(39)41-19-9-10-22-43(41)55-44/h1-31H. The van der Waals surface area contributed by atoms with E-state index in [2.05, 4.69) is 115 Å². The molecule has 8 aromatic carbocycles. The van der Waals surface area contributed by atoms with Crippen LogP contribution in [0.1, 0.15) is 0 Å². The Hall–Kier alpha value is -7.21. The number of rotatable bonds is 6. The first-order chi connectivity index (χ1) is 27.7. The summed E-state index contributed by atoms with van der Waals surface area (Å²) in [6.07, 6.45) is 0. The van der Waals surface area contributed by atoms with Crippen LogP contribution in [0.5, 0.6) is 0 Å². The van der Waals surface area contributed by atoms with Crippen LogP contribution in [-0.2, 0) is 0 Å². The second-order valence-corrected chi connectivity index (χ2v) is 15.0. The van der Waals surface area contributed by atoms with E-state index in [0.29, 0.717) is 17.5 Å². The van der Waals surface area contributed by atoms with Crippen molar-refractivity contribution in [1.29, 1.82) is 0 Å². The number of benzene rings is 8. The van der Waals surface area contributed by atoms with Crippen molar-refractivity contribution >= 4 is 53.4 Å². The van der Waals surface area contributed by atoms with E-state index in [1.165, 1.54) is 48.0 Å². The molecule has 0 saturated heterocycles. The van der Waals surface area contributed by atoms with E-state index in [1.54, 1.807) is 0 Å². The number of fused-ring (bicyclic) bond motifs is 6. The van der Waals surface area contributed by atoms with Gasteiger partial charge in [0.1, 0.15) is 11.2 Å². The van der Waals surface area contributed by atoms with Crippen LogP contribution in [0.4, 0.5) is 0 Å². The largest absolute Gasteiger partial charge is 0.456 e. The van der Waals surface area contributed by atoms with E-state index < -0.39 is 0 Å². The lowest BCUT2D eigenvalue weighted by Crippen LogP contribution is -2.00. The highest BCUT2D eigenvalue weighted by molar-refractivity contribution is 7.26. The Morgan fingerprint density at radius 1 is 0.321 bits per heavy atom. The smallest absolute Gasteiger partial charge is 0.164 e. The molecular formula is C51H31N3OS. The molecule has 0 amide bonds. The van der Waals surface area contributed by atoms with E-state index in [0.717, 1.165) is 44.2 Å². The van der Waals surface area contributed by atoms with Gasteiger partial charge in [0.05, 0.1) is 0 Å². The molecule has 56 heavy (non-hydrogen) atoms. The Morgan fingerprint density at radius 3 is 1.50 bits per heavy atom. The van der Waals surface area contributed by atoms with Crippen LogP contribution in [-0.4, -0.2) is 15.0 Å². The van der Waals surface area contributed by atoms with Crippen molar-refractivity contribution in [2.24, 2.45) is 0 Å². The van der Waals surface area contributed by atoms with Crippen molar-refractivity contribution < 1.29 is 4.42 Å². The summed E-state index contributed by atoms with van der Waals surface area (Å²) in [7, 11) is 0. The summed E-state index contributed by atoms with van der Waals surface area (Å²) < 4.78 is 8.81. The molecule has 5 heteroatoms. The van der Waals surface area contributed by atoms with Gasteiger partial charge in [-0.15, -0.1) is 11.3 Å². The van der Waals surface area contributed by atoms with Crippen molar-refractivity contribution in [2.45, 2.75) is 0 Å². The average molecular weight is 734 g/mol. The number of thiophene rings is 1. The van der Waals surface area contributed by atoms with Crippen LogP contribution in [0.3, 0.4) is 0 Å². The number of nitrogens with zero attached hydrogens (tertiary/aromatic N) is 3. The van der Waals surface area contributed by atoms with Crippen LogP contribution >= 0.6 is 11.3 Å². The van der Waals surface area contributed by atoms with Crippen molar-refractivity contribution in [2.75, 3.05) is 0 Å². The highest BCUT2D eigenvalue weighted by Crippen LogP contribution is 2.46. The summed E-state index contributed by atoms with van der Waals surface area (Å²) in [6, 6.07) is 65.7. The molecule has 0 aliphatic carbocycles. The average Bonchev–Trinajstić information content (AvgIpc) is 3.85. The summed E-state index contributed by atoms with van der Waals surface area (Å²) in [4.78, 5) is 14.7. The molecule has 0 fully saturated rings. The lowest BCUT2D eigenvalue weighted by molar-refractivity contribution is 0.669.